The molecule has 8 heteroatoms. The normalized spacial score (nSPS) is 12.6. The number of halogens is 2. The summed E-state index contributed by atoms with van der Waals surface area (Å²) < 4.78 is 55.6. The topological polar surface area (TPSA) is 62.6 Å². The lowest BCUT2D eigenvalue weighted by atomic mass is 10.2. The van der Waals surface area contributed by atoms with Crippen LogP contribution >= 0.6 is 0 Å². The van der Waals surface area contributed by atoms with Crippen molar-refractivity contribution in [3.05, 3.63) is 17.1 Å². The van der Waals surface area contributed by atoms with Gasteiger partial charge in [-0.1, -0.05) is 6.92 Å². The number of furan rings is 1. The minimum atomic E-state index is -3.99. The first-order valence-electron chi connectivity index (χ1n) is 6.25. The van der Waals surface area contributed by atoms with Gasteiger partial charge in [-0.15, -0.1) is 0 Å². The summed E-state index contributed by atoms with van der Waals surface area (Å²) in [6.07, 6.45) is -2.72. The Morgan fingerprint density at radius 1 is 1.30 bits per heavy atom. The van der Waals surface area contributed by atoms with Gasteiger partial charge in [0.1, 0.15) is 16.4 Å². The van der Waals surface area contributed by atoms with Crippen LogP contribution in [-0.4, -0.2) is 39.3 Å². The van der Waals surface area contributed by atoms with E-state index in [0.29, 0.717) is 28.7 Å². The van der Waals surface area contributed by atoms with Crippen LogP contribution in [0.5, 0.6) is 0 Å². The standard InChI is InChI=1S/C12H20F2N2O3S/c1-5-15-6-10-8(2)19-9(3)12(10)20(17,18)16(4)7-11(13)14/h11,15H,5-7H2,1-4H3. The number of hydrogen-bond donors (Lipinski definition) is 1. The second kappa shape index (κ2) is 6.64. The maximum Gasteiger partial charge on any atom is 0.252 e. The second-order valence-corrected chi connectivity index (χ2v) is 6.46. The molecule has 20 heavy (non-hydrogen) atoms. The molecule has 0 saturated heterocycles. The highest BCUT2D eigenvalue weighted by Gasteiger charge is 2.31. The van der Waals surface area contributed by atoms with Gasteiger partial charge in [-0.3, -0.25) is 0 Å². The van der Waals surface area contributed by atoms with Gasteiger partial charge < -0.3 is 9.73 Å². The third-order valence-corrected chi connectivity index (χ3v) is 4.96. The molecular formula is C12H20F2N2O3S. The Morgan fingerprint density at radius 3 is 2.40 bits per heavy atom. The van der Waals surface area contributed by atoms with E-state index in [0.717, 1.165) is 7.05 Å². The van der Waals surface area contributed by atoms with Crippen LogP contribution in [0.4, 0.5) is 8.78 Å². The number of nitrogens with zero attached hydrogens (tertiary/aromatic N) is 1. The predicted octanol–water partition coefficient (Wildman–Crippen LogP) is 1.89. The quantitative estimate of drug-likeness (QED) is 0.835. The highest BCUT2D eigenvalue weighted by Crippen LogP contribution is 2.29. The van der Waals surface area contributed by atoms with E-state index >= 15 is 0 Å². The highest BCUT2D eigenvalue weighted by molar-refractivity contribution is 7.89. The molecule has 1 aromatic heterocycles. The van der Waals surface area contributed by atoms with E-state index in [2.05, 4.69) is 5.32 Å². The molecule has 0 radical (unpaired) electrons. The zero-order valence-corrected chi connectivity index (χ0v) is 12.9. The Kier molecular flexibility index (Phi) is 5.67. The number of rotatable bonds is 7. The van der Waals surface area contributed by atoms with Crippen LogP contribution in [0.3, 0.4) is 0 Å². The first-order chi connectivity index (χ1) is 9.21. The molecule has 116 valence electrons. The van der Waals surface area contributed by atoms with E-state index in [4.69, 9.17) is 4.42 Å². The Balaban J connectivity index is 3.23. The first-order valence-corrected chi connectivity index (χ1v) is 7.69. The largest absolute Gasteiger partial charge is 0.465 e. The summed E-state index contributed by atoms with van der Waals surface area (Å²) >= 11 is 0. The number of alkyl halides is 2. The maximum atomic E-state index is 12.4. The molecule has 0 spiro atoms. The average molecular weight is 310 g/mol. The molecule has 0 atom stereocenters. The molecule has 1 aromatic rings. The van der Waals surface area contributed by atoms with Crippen molar-refractivity contribution in [3.8, 4) is 0 Å². The Bertz CT molecular complexity index is 555. The van der Waals surface area contributed by atoms with E-state index in [1.54, 1.807) is 6.92 Å². The first kappa shape index (κ1) is 17.1. The lowest BCUT2D eigenvalue weighted by Gasteiger charge is -2.17. The zero-order chi connectivity index (χ0) is 15.5. The Morgan fingerprint density at radius 2 is 1.90 bits per heavy atom. The van der Waals surface area contributed by atoms with Gasteiger partial charge in [0.25, 0.3) is 6.43 Å². The molecule has 0 aliphatic carbocycles. The lowest BCUT2D eigenvalue weighted by Crippen LogP contribution is -2.32. The van der Waals surface area contributed by atoms with E-state index in [-0.39, 0.29) is 10.7 Å². The van der Waals surface area contributed by atoms with E-state index < -0.39 is 23.0 Å². The fourth-order valence-electron chi connectivity index (χ4n) is 1.95. The van der Waals surface area contributed by atoms with Gasteiger partial charge in [0, 0.05) is 19.2 Å². The van der Waals surface area contributed by atoms with E-state index in [9.17, 15) is 17.2 Å². The molecule has 5 nitrogen and oxygen atoms in total. The summed E-state index contributed by atoms with van der Waals surface area (Å²) in [5, 5.41) is 3.02. The molecule has 0 fully saturated rings. The molecule has 0 amide bonds. The summed E-state index contributed by atoms with van der Waals surface area (Å²) in [5.74, 6) is 0.698. The van der Waals surface area contributed by atoms with Gasteiger partial charge in [-0.05, 0) is 20.4 Å². The monoisotopic (exact) mass is 310 g/mol. The summed E-state index contributed by atoms with van der Waals surface area (Å²) in [6, 6.07) is 0. The summed E-state index contributed by atoms with van der Waals surface area (Å²) in [5.41, 5.74) is 0.491. The van der Waals surface area contributed by atoms with Crippen LogP contribution in [0.2, 0.25) is 0 Å². The van der Waals surface area contributed by atoms with Crippen molar-refractivity contribution in [2.75, 3.05) is 20.1 Å². The van der Waals surface area contributed by atoms with E-state index in [1.165, 1.54) is 6.92 Å². The zero-order valence-electron chi connectivity index (χ0n) is 12.0. The molecule has 1 N–H and O–H groups in total. The smallest absolute Gasteiger partial charge is 0.252 e. The molecule has 0 unspecified atom stereocenters. The Labute approximate surface area is 118 Å². The summed E-state index contributed by atoms with van der Waals surface area (Å²) in [7, 11) is -2.85. The molecule has 0 bridgehead atoms. The van der Waals surface area contributed by atoms with Crippen LogP contribution in [-0.2, 0) is 16.6 Å². The van der Waals surface area contributed by atoms with Crippen molar-refractivity contribution in [1.82, 2.24) is 9.62 Å². The van der Waals surface area contributed by atoms with Crippen LogP contribution in [0.1, 0.15) is 24.0 Å². The second-order valence-electron chi connectivity index (χ2n) is 4.48. The molecular weight excluding hydrogens is 290 g/mol. The van der Waals surface area contributed by atoms with Gasteiger partial charge in [0.15, 0.2) is 0 Å². The maximum absolute atomic E-state index is 12.4. The SMILES string of the molecule is CCNCc1c(C)oc(C)c1S(=O)(=O)N(C)CC(F)F. The predicted molar refractivity (Wildman–Crippen MR) is 71.4 cm³/mol. The van der Waals surface area contributed by atoms with Crippen LogP contribution in [0.15, 0.2) is 9.31 Å². The fraction of sp³-hybridized carbons (Fsp3) is 0.667. The van der Waals surface area contributed by atoms with Crippen molar-refractivity contribution in [2.45, 2.75) is 38.6 Å². The molecule has 1 rings (SSSR count). The van der Waals surface area contributed by atoms with E-state index in [1.807, 2.05) is 6.92 Å². The van der Waals surface area contributed by atoms with Crippen molar-refractivity contribution < 1.29 is 21.6 Å². The van der Waals surface area contributed by atoms with Crippen molar-refractivity contribution in [1.29, 1.82) is 0 Å². The molecule has 0 saturated carbocycles. The Hall–Kier alpha value is -0.990. The van der Waals surface area contributed by atoms with Crippen molar-refractivity contribution in [3.63, 3.8) is 0 Å². The van der Waals surface area contributed by atoms with Gasteiger partial charge in [0.05, 0.1) is 6.54 Å². The number of sulfonamides is 1. The van der Waals surface area contributed by atoms with Crippen LogP contribution < -0.4 is 5.32 Å². The molecule has 0 aliphatic heterocycles. The van der Waals surface area contributed by atoms with Gasteiger partial charge in [-0.2, -0.15) is 4.31 Å². The van der Waals surface area contributed by atoms with Gasteiger partial charge in [0.2, 0.25) is 10.0 Å². The van der Waals surface area contributed by atoms with Gasteiger partial charge in [-0.25, -0.2) is 17.2 Å². The van der Waals surface area contributed by atoms with Gasteiger partial charge >= 0.3 is 0 Å². The highest BCUT2D eigenvalue weighted by atomic mass is 32.2. The number of hydrogen-bond acceptors (Lipinski definition) is 4. The minimum absolute atomic E-state index is 0.0147. The third-order valence-electron chi connectivity index (χ3n) is 2.94. The minimum Gasteiger partial charge on any atom is -0.465 e. The molecule has 0 aliphatic rings. The number of nitrogens with one attached hydrogen (secondary N) is 1. The third kappa shape index (κ3) is 3.56. The van der Waals surface area contributed by atoms with Crippen molar-refractivity contribution >= 4 is 10.0 Å². The molecule has 0 aromatic carbocycles. The summed E-state index contributed by atoms with van der Waals surface area (Å²) in [6.45, 7) is 5.20. The molecule has 1 heterocycles. The van der Waals surface area contributed by atoms with Crippen LogP contribution in [0, 0.1) is 13.8 Å². The number of aryl methyl sites for hydroxylation is 2. The lowest BCUT2D eigenvalue weighted by molar-refractivity contribution is 0.126. The van der Waals surface area contributed by atoms with Crippen LogP contribution in [0.25, 0.3) is 0 Å². The van der Waals surface area contributed by atoms with Crippen molar-refractivity contribution in [2.24, 2.45) is 0 Å². The average Bonchev–Trinajstić information content (AvgIpc) is 2.60. The fourth-order valence-corrected chi connectivity index (χ4v) is 3.50. The summed E-state index contributed by atoms with van der Waals surface area (Å²) in [4.78, 5) is -0.0147.